The number of rotatable bonds is 4. The average Bonchev–Trinajstić information content (AvgIpc) is 2.86. The maximum absolute atomic E-state index is 11.9. The fraction of sp³-hybridized carbons (Fsp3) is 0.375. The van der Waals surface area contributed by atoms with E-state index in [9.17, 15) is 9.59 Å². The highest BCUT2D eigenvalue weighted by Crippen LogP contribution is 2.25. The normalized spacial score (nSPS) is 17.9. The van der Waals surface area contributed by atoms with E-state index in [0.29, 0.717) is 25.8 Å². The van der Waals surface area contributed by atoms with Gasteiger partial charge in [-0.1, -0.05) is 12.1 Å². The second-order valence-electron chi connectivity index (χ2n) is 4.81. The Morgan fingerprint density at radius 3 is 2.70 bits per heavy atom. The lowest BCUT2D eigenvalue weighted by atomic mass is 10.1. The second-order valence-corrected chi connectivity index (χ2v) is 4.81. The number of carbonyl (C=O) groups is 2. The molecule has 20 heavy (non-hydrogen) atoms. The van der Waals surface area contributed by atoms with E-state index in [4.69, 9.17) is 6.42 Å². The molecular weight excluding hydrogens is 254 g/mol. The maximum atomic E-state index is 11.9. The maximum Gasteiger partial charge on any atom is 0.305 e. The SMILES string of the molecule is C#CC1CC(=O)N(c2ccc(CCC(=O)OC)cc2)C1. The third-order valence-electron chi connectivity index (χ3n) is 3.45. The summed E-state index contributed by atoms with van der Waals surface area (Å²) in [5.41, 5.74) is 1.90. The zero-order valence-electron chi connectivity index (χ0n) is 11.5. The summed E-state index contributed by atoms with van der Waals surface area (Å²) in [4.78, 5) is 24.6. The van der Waals surface area contributed by atoms with Gasteiger partial charge < -0.3 is 9.64 Å². The van der Waals surface area contributed by atoms with E-state index < -0.39 is 0 Å². The van der Waals surface area contributed by atoms with Gasteiger partial charge in [0.2, 0.25) is 5.91 Å². The Morgan fingerprint density at radius 1 is 1.45 bits per heavy atom. The van der Waals surface area contributed by atoms with Gasteiger partial charge in [0, 0.05) is 31.0 Å². The molecule has 0 saturated carbocycles. The summed E-state index contributed by atoms with van der Waals surface area (Å²) >= 11 is 0. The molecule has 0 spiro atoms. The van der Waals surface area contributed by atoms with Crippen LogP contribution in [0.4, 0.5) is 5.69 Å². The number of methoxy groups -OCH3 is 1. The fourth-order valence-electron chi connectivity index (χ4n) is 2.26. The van der Waals surface area contributed by atoms with Gasteiger partial charge in [0.1, 0.15) is 0 Å². The Balaban J connectivity index is 2.00. The molecule has 1 atom stereocenters. The monoisotopic (exact) mass is 271 g/mol. The van der Waals surface area contributed by atoms with Crippen LogP contribution >= 0.6 is 0 Å². The Bertz CT molecular complexity index is 542. The molecule has 1 aliphatic heterocycles. The first kappa shape index (κ1) is 14.1. The number of nitrogens with zero attached hydrogens (tertiary/aromatic N) is 1. The first-order chi connectivity index (χ1) is 9.63. The molecular formula is C16H17NO3. The standard InChI is InChI=1S/C16H17NO3/c1-3-12-10-15(18)17(11-12)14-7-4-13(5-8-14)6-9-16(19)20-2/h1,4-5,7-8,12H,6,9-11H2,2H3. The molecule has 1 aliphatic rings. The van der Waals surface area contributed by atoms with Crippen LogP contribution in [0.5, 0.6) is 0 Å². The van der Waals surface area contributed by atoms with Crippen LogP contribution in [-0.2, 0) is 20.7 Å². The van der Waals surface area contributed by atoms with Crippen molar-refractivity contribution in [2.45, 2.75) is 19.3 Å². The summed E-state index contributed by atoms with van der Waals surface area (Å²) in [6.45, 7) is 0.580. The van der Waals surface area contributed by atoms with Crippen molar-refractivity contribution in [2.75, 3.05) is 18.6 Å². The predicted molar refractivity (Wildman–Crippen MR) is 76.1 cm³/mol. The zero-order valence-corrected chi connectivity index (χ0v) is 11.5. The fourth-order valence-corrected chi connectivity index (χ4v) is 2.26. The van der Waals surface area contributed by atoms with Gasteiger partial charge >= 0.3 is 5.97 Å². The van der Waals surface area contributed by atoms with Crippen molar-refractivity contribution in [1.29, 1.82) is 0 Å². The summed E-state index contributed by atoms with van der Waals surface area (Å²) in [6, 6.07) is 7.64. The van der Waals surface area contributed by atoms with Crippen LogP contribution in [0.2, 0.25) is 0 Å². The minimum Gasteiger partial charge on any atom is -0.469 e. The molecule has 0 radical (unpaired) electrons. The van der Waals surface area contributed by atoms with Crippen molar-refractivity contribution in [1.82, 2.24) is 0 Å². The molecule has 4 heteroatoms. The number of hydrogen-bond acceptors (Lipinski definition) is 3. The van der Waals surface area contributed by atoms with Crippen LogP contribution in [0, 0.1) is 18.3 Å². The smallest absolute Gasteiger partial charge is 0.305 e. The first-order valence-corrected chi connectivity index (χ1v) is 6.56. The van der Waals surface area contributed by atoms with Gasteiger partial charge in [-0.05, 0) is 24.1 Å². The van der Waals surface area contributed by atoms with E-state index >= 15 is 0 Å². The number of hydrogen-bond donors (Lipinski definition) is 0. The Labute approximate surface area is 118 Å². The van der Waals surface area contributed by atoms with Crippen molar-refractivity contribution >= 4 is 17.6 Å². The Kier molecular flexibility index (Phi) is 4.41. The third-order valence-corrected chi connectivity index (χ3v) is 3.45. The highest BCUT2D eigenvalue weighted by atomic mass is 16.5. The van der Waals surface area contributed by atoms with Gasteiger partial charge in [-0.25, -0.2) is 0 Å². The third kappa shape index (κ3) is 3.18. The minimum atomic E-state index is -0.222. The Hall–Kier alpha value is -2.28. The van der Waals surface area contributed by atoms with E-state index in [0.717, 1.165) is 11.3 Å². The largest absolute Gasteiger partial charge is 0.469 e. The number of carbonyl (C=O) groups excluding carboxylic acids is 2. The number of aryl methyl sites for hydroxylation is 1. The van der Waals surface area contributed by atoms with Crippen LogP contribution in [0.25, 0.3) is 0 Å². The van der Waals surface area contributed by atoms with Crippen LogP contribution in [0.3, 0.4) is 0 Å². The molecule has 0 bridgehead atoms. The molecule has 1 fully saturated rings. The van der Waals surface area contributed by atoms with Gasteiger partial charge in [0.05, 0.1) is 7.11 Å². The van der Waals surface area contributed by atoms with Crippen molar-refractivity contribution in [3.8, 4) is 12.3 Å². The molecule has 1 unspecified atom stereocenters. The number of benzene rings is 1. The molecule has 1 heterocycles. The zero-order chi connectivity index (χ0) is 14.5. The van der Waals surface area contributed by atoms with Gasteiger partial charge in [-0.15, -0.1) is 12.3 Å². The summed E-state index contributed by atoms with van der Waals surface area (Å²) in [5, 5.41) is 0. The van der Waals surface area contributed by atoms with Gasteiger partial charge in [0.25, 0.3) is 0 Å². The minimum absolute atomic E-state index is 0.00139. The molecule has 0 aromatic heterocycles. The van der Waals surface area contributed by atoms with Crippen LogP contribution in [-0.4, -0.2) is 25.5 Å². The summed E-state index contributed by atoms with van der Waals surface area (Å²) in [5.74, 6) is 2.48. The lowest BCUT2D eigenvalue weighted by molar-refractivity contribution is -0.140. The molecule has 1 saturated heterocycles. The van der Waals surface area contributed by atoms with Crippen molar-refractivity contribution in [3.05, 3.63) is 29.8 Å². The van der Waals surface area contributed by atoms with Crippen molar-refractivity contribution in [3.63, 3.8) is 0 Å². The number of anilines is 1. The molecule has 2 rings (SSSR count). The van der Waals surface area contributed by atoms with E-state index in [2.05, 4.69) is 10.7 Å². The first-order valence-electron chi connectivity index (χ1n) is 6.56. The topological polar surface area (TPSA) is 46.6 Å². The lowest BCUT2D eigenvalue weighted by Crippen LogP contribution is -2.24. The van der Waals surface area contributed by atoms with Crippen molar-refractivity contribution in [2.24, 2.45) is 5.92 Å². The van der Waals surface area contributed by atoms with E-state index in [1.165, 1.54) is 7.11 Å². The van der Waals surface area contributed by atoms with Crippen molar-refractivity contribution < 1.29 is 14.3 Å². The van der Waals surface area contributed by atoms with Gasteiger partial charge in [-0.2, -0.15) is 0 Å². The average molecular weight is 271 g/mol. The number of amides is 1. The summed E-state index contributed by atoms with van der Waals surface area (Å²) in [7, 11) is 1.38. The second kappa shape index (κ2) is 6.25. The summed E-state index contributed by atoms with van der Waals surface area (Å²) < 4.78 is 4.60. The van der Waals surface area contributed by atoms with E-state index in [1.807, 2.05) is 24.3 Å². The highest BCUT2D eigenvalue weighted by Gasteiger charge is 2.29. The van der Waals surface area contributed by atoms with E-state index in [1.54, 1.807) is 4.90 Å². The van der Waals surface area contributed by atoms with E-state index in [-0.39, 0.29) is 17.8 Å². The number of terminal acetylenes is 1. The molecule has 1 amide bonds. The lowest BCUT2D eigenvalue weighted by Gasteiger charge is -2.16. The number of ether oxygens (including phenoxy) is 1. The highest BCUT2D eigenvalue weighted by molar-refractivity contribution is 5.96. The van der Waals surface area contributed by atoms with Gasteiger partial charge in [-0.3, -0.25) is 9.59 Å². The molecule has 4 nitrogen and oxygen atoms in total. The van der Waals surface area contributed by atoms with Crippen LogP contribution in [0.15, 0.2) is 24.3 Å². The van der Waals surface area contributed by atoms with Crippen LogP contribution < -0.4 is 4.90 Å². The molecule has 0 N–H and O–H groups in total. The predicted octanol–water partition coefficient (Wildman–Crippen LogP) is 1.78. The molecule has 1 aromatic rings. The molecule has 0 aliphatic carbocycles. The summed E-state index contributed by atoms with van der Waals surface area (Å²) in [6.07, 6.45) is 6.78. The number of esters is 1. The molecule has 104 valence electrons. The Morgan fingerprint density at radius 2 is 2.15 bits per heavy atom. The molecule has 1 aromatic carbocycles. The quantitative estimate of drug-likeness (QED) is 0.619. The van der Waals surface area contributed by atoms with Gasteiger partial charge in [0.15, 0.2) is 0 Å². The van der Waals surface area contributed by atoms with Crippen LogP contribution in [0.1, 0.15) is 18.4 Å².